The first-order valence-corrected chi connectivity index (χ1v) is 12.2. The summed E-state index contributed by atoms with van der Waals surface area (Å²) in [5, 5.41) is 0. The van der Waals surface area contributed by atoms with Gasteiger partial charge in [-0.05, 0) is 51.0 Å². The maximum Gasteiger partial charge on any atom is 0.256 e. The third kappa shape index (κ3) is 4.81. The first-order valence-electron chi connectivity index (χ1n) is 9.33. The zero-order valence-electron chi connectivity index (χ0n) is 16.8. The Kier molecular flexibility index (Phi) is 7.39. The maximum atomic E-state index is 13.3. The fourth-order valence-electron chi connectivity index (χ4n) is 2.75. The Morgan fingerprint density at radius 1 is 0.607 bits per heavy atom. The molecule has 0 saturated heterocycles. The van der Waals surface area contributed by atoms with Gasteiger partial charge in [-0.25, -0.2) is 16.8 Å². The summed E-state index contributed by atoms with van der Waals surface area (Å²) in [7, 11) is -8.04. The molecule has 2 rings (SSSR count). The summed E-state index contributed by atoms with van der Waals surface area (Å²) in [6.07, 6.45) is 0.962. The van der Waals surface area contributed by atoms with Gasteiger partial charge in [0.25, 0.3) is 20.0 Å². The lowest BCUT2D eigenvalue weighted by Crippen LogP contribution is -2.50. The zero-order chi connectivity index (χ0) is 20.9. The van der Waals surface area contributed by atoms with Crippen LogP contribution in [-0.4, -0.2) is 38.8 Å². The largest absolute Gasteiger partial charge is 0.256 e. The minimum Gasteiger partial charge on any atom is -0.206 e. The highest BCUT2D eigenvalue weighted by Crippen LogP contribution is 2.25. The second-order valence-electron chi connectivity index (χ2n) is 6.73. The second-order valence-corrected chi connectivity index (χ2v) is 10.4. The fourth-order valence-corrected chi connectivity index (χ4v) is 6.21. The van der Waals surface area contributed by atoms with Crippen molar-refractivity contribution < 1.29 is 16.8 Å². The molecule has 0 N–H and O–H groups in total. The minimum atomic E-state index is -4.02. The Bertz CT molecular complexity index is 900. The molecule has 0 spiro atoms. The molecule has 0 aliphatic heterocycles. The highest BCUT2D eigenvalue weighted by atomic mass is 32.2. The third-order valence-corrected chi connectivity index (χ3v) is 7.98. The molecule has 0 unspecified atom stereocenters. The summed E-state index contributed by atoms with van der Waals surface area (Å²) in [5.74, 6) is 0. The van der Waals surface area contributed by atoms with E-state index in [1.165, 1.54) is 24.3 Å². The van der Waals surface area contributed by atoms with Crippen LogP contribution < -0.4 is 0 Å². The van der Waals surface area contributed by atoms with E-state index < -0.39 is 20.0 Å². The van der Waals surface area contributed by atoms with Crippen molar-refractivity contribution >= 4 is 20.0 Å². The van der Waals surface area contributed by atoms with Gasteiger partial charge in [0.05, 0.1) is 9.79 Å². The van der Waals surface area contributed by atoms with Crippen LogP contribution in [0.15, 0.2) is 58.3 Å². The third-order valence-electron chi connectivity index (χ3n) is 4.27. The van der Waals surface area contributed by atoms with Gasteiger partial charge < -0.3 is 0 Å². The number of nitrogens with zero attached hydrogens (tertiary/aromatic N) is 2. The molecular formula is C20H28N2O4S2. The van der Waals surface area contributed by atoms with Crippen molar-refractivity contribution in [1.82, 2.24) is 8.83 Å². The van der Waals surface area contributed by atoms with E-state index in [-0.39, 0.29) is 22.9 Å². The monoisotopic (exact) mass is 424 g/mol. The molecule has 8 heteroatoms. The van der Waals surface area contributed by atoms with Crippen LogP contribution in [0.3, 0.4) is 0 Å². The number of aryl methyl sites for hydroxylation is 2. The van der Waals surface area contributed by atoms with Crippen molar-refractivity contribution in [3.05, 3.63) is 59.7 Å². The average molecular weight is 425 g/mol. The molecule has 28 heavy (non-hydrogen) atoms. The number of sulfonamides is 2. The van der Waals surface area contributed by atoms with Crippen LogP contribution in [0.5, 0.6) is 0 Å². The minimum absolute atomic E-state index is 0.0707. The number of rotatable bonds is 9. The van der Waals surface area contributed by atoms with Gasteiger partial charge in [-0.3, -0.25) is 0 Å². The maximum absolute atomic E-state index is 13.3. The molecule has 0 aliphatic rings. The normalized spacial score (nSPS) is 12.6. The van der Waals surface area contributed by atoms with E-state index in [4.69, 9.17) is 0 Å². The molecule has 0 saturated carbocycles. The van der Waals surface area contributed by atoms with E-state index >= 15 is 0 Å². The zero-order valence-corrected chi connectivity index (χ0v) is 18.4. The predicted octanol–water partition coefficient (Wildman–Crippen LogP) is 3.72. The van der Waals surface area contributed by atoms with Crippen molar-refractivity contribution in [3.63, 3.8) is 0 Å². The first-order chi connectivity index (χ1) is 13.1. The topological polar surface area (TPSA) is 74.8 Å². The molecule has 0 amide bonds. The number of hydrazine groups is 1. The molecule has 0 aliphatic carbocycles. The lowest BCUT2D eigenvalue weighted by Gasteiger charge is -2.32. The van der Waals surface area contributed by atoms with Gasteiger partial charge in [-0.15, -0.1) is 8.83 Å². The SMILES string of the molecule is CCCN(N(CCC)S(=O)(=O)c1ccc(C)cc1)S(=O)(=O)c1ccc(C)cc1. The standard InChI is InChI=1S/C20H28N2O4S2/c1-5-15-21(27(23,24)19-11-7-17(3)8-12-19)22(16-6-2)28(25,26)20-13-9-18(4)10-14-20/h7-14H,5-6,15-16H2,1-4H3. The summed E-state index contributed by atoms with van der Waals surface area (Å²) in [4.78, 5) is 0.151. The van der Waals surface area contributed by atoms with Crippen molar-refractivity contribution in [2.75, 3.05) is 13.1 Å². The van der Waals surface area contributed by atoms with E-state index in [1.54, 1.807) is 24.3 Å². The molecule has 0 aromatic heterocycles. The molecular weight excluding hydrogens is 396 g/mol. The molecule has 0 bridgehead atoms. The molecule has 0 fully saturated rings. The number of benzene rings is 2. The molecule has 0 atom stereocenters. The van der Waals surface area contributed by atoms with Crippen LogP contribution in [0.2, 0.25) is 0 Å². The van der Waals surface area contributed by atoms with Crippen molar-refractivity contribution in [2.24, 2.45) is 0 Å². The Morgan fingerprint density at radius 2 is 0.893 bits per heavy atom. The Morgan fingerprint density at radius 3 is 1.14 bits per heavy atom. The smallest absolute Gasteiger partial charge is 0.206 e. The molecule has 154 valence electrons. The fraction of sp³-hybridized carbons (Fsp3) is 0.400. The Hall–Kier alpha value is -1.74. The number of hydrogen-bond acceptors (Lipinski definition) is 4. The molecule has 0 heterocycles. The lowest BCUT2D eigenvalue weighted by atomic mass is 10.2. The van der Waals surface area contributed by atoms with Crippen molar-refractivity contribution in [3.8, 4) is 0 Å². The van der Waals surface area contributed by atoms with Crippen molar-refractivity contribution in [1.29, 1.82) is 0 Å². The highest BCUT2D eigenvalue weighted by Gasteiger charge is 2.37. The highest BCUT2D eigenvalue weighted by molar-refractivity contribution is 7.92. The van der Waals surface area contributed by atoms with Crippen molar-refractivity contribution in [2.45, 2.75) is 50.3 Å². The van der Waals surface area contributed by atoms with Gasteiger partial charge in [-0.1, -0.05) is 49.2 Å². The van der Waals surface area contributed by atoms with E-state index in [0.29, 0.717) is 12.8 Å². The number of hydrogen-bond donors (Lipinski definition) is 0. The Balaban J connectivity index is 2.57. The van der Waals surface area contributed by atoms with E-state index in [9.17, 15) is 16.8 Å². The van der Waals surface area contributed by atoms with Crippen LogP contribution >= 0.6 is 0 Å². The van der Waals surface area contributed by atoms with Gasteiger partial charge in [0.2, 0.25) is 0 Å². The van der Waals surface area contributed by atoms with Crippen LogP contribution in [0.1, 0.15) is 37.8 Å². The van der Waals surface area contributed by atoms with Gasteiger partial charge >= 0.3 is 0 Å². The van der Waals surface area contributed by atoms with E-state index in [2.05, 4.69) is 0 Å². The van der Waals surface area contributed by atoms with Crippen LogP contribution in [0, 0.1) is 13.8 Å². The predicted molar refractivity (Wildman–Crippen MR) is 111 cm³/mol. The average Bonchev–Trinajstić information content (AvgIpc) is 2.65. The summed E-state index contributed by atoms with van der Waals surface area (Å²) in [6.45, 7) is 7.51. The molecule has 6 nitrogen and oxygen atoms in total. The van der Waals surface area contributed by atoms with Gasteiger partial charge in [0, 0.05) is 13.1 Å². The van der Waals surface area contributed by atoms with Crippen LogP contribution in [0.25, 0.3) is 0 Å². The van der Waals surface area contributed by atoms with Gasteiger partial charge in [0.1, 0.15) is 0 Å². The van der Waals surface area contributed by atoms with E-state index in [1.807, 2.05) is 27.7 Å². The molecule has 2 aromatic rings. The van der Waals surface area contributed by atoms with Gasteiger partial charge in [0.15, 0.2) is 0 Å². The summed E-state index contributed by atoms with van der Waals surface area (Å²) < 4.78 is 55.2. The molecule has 2 aromatic carbocycles. The summed E-state index contributed by atoms with van der Waals surface area (Å²) in [6, 6.07) is 12.9. The quantitative estimate of drug-likeness (QED) is 0.575. The Labute approximate surface area is 168 Å². The second kappa shape index (κ2) is 9.17. The van der Waals surface area contributed by atoms with Gasteiger partial charge in [-0.2, -0.15) is 0 Å². The van der Waals surface area contributed by atoms with E-state index in [0.717, 1.165) is 20.0 Å². The summed E-state index contributed by atoms with van der Waals surface area (Å²) >= 11 is 0. The first kappa shape index (κ1) is 22.5. The molecule has 0 radical (unpaired) electrons. The van der Waals surface area contributed by atoms with Crippen LogP contribution in [-0.2, 0) is 20.0 Å². The lowest BCUT2D eigenvalue weighted by molar-refractivity contribution is 0.161. The summed E-state index contributed by atoms with van der Waals surface area (Å²) in [5.41, 5.74) is 1.86. The van der Waals surface area contributed by atoms with Crippen LogP contribution in [0.4, 0.5) is 0 Å².